The second-order valence-electron chi connectivity index (χ2n) is 7.27. The summed E-state index contributed by atoms with van der Waals surface area (Å²) in [6.45, 7) is 2.93. The summed E-state index contributed by atoms with van der Waals surface area (Å²) >= 11 is 0. The number of anilines is 1. The molecular weight excluding hydrogens is 350 g/mol. The monoisotopic (exact) mass is 371 g/mol. The van der Waals surface area contributed by atoms with Crippen LogP contribution in [0.3, 0.4) is 0 Å². The van der Waals surface area contributed by atoms with Crippen LogP contribution >= 0.6 is 0 Å². The van der Waals surface area contributed by atoms with Crippen molar-refractivity contribution in [2.75, 3.05) is 5.32 Å². The first-order chi connectivity index (χ1) is 13.7. The molecule has 0 saturated heterocycles. The zero-order valence-electron chi connectivity index (χ0n) is 15.7. The molecule has 5 nitrogen and oxygen atoms in total. The zero-order valence-corrected chi connectivity index (χ0v) is 15.7. The summed E-state index contributed by atoms with van der Waals surface area (Å²) in [5, 5.41) is 3.90. The van der Waals surface area contributed by atoms with E-state index in [9.17, 15) is 4.79 Å². The molecule has 0 saturated carbocycles. The first kappa shape index (κ1) is 16.8. The van der Waals surface area contributed by atoms with Gasteiger partial charge < -0.3 is 14.3 Å². The number of aryl methyl sites for hydroxylation is 2. The number of carbonyl (C=O) groups excluding carboxylic acids is 1. The van der Waals surface area contributed by atoms with E-state index in [1.165, 1.54) is 18.5 Å². The van der Waals surface area contributed by atoms with Crippen LogP contribution in [0.2, 0.25) is 0 Å². The van der Waals surface area contributed by atoms with Crippen molar-refractivity contribution < 1.29 is 9.21 Å². The zero-order chi connectivity index (χ0) is 19.1. The van der Waals surface area contributed by atoms with Gasteiger partial charge in [0.15, 0.2) is 5.76 Å². The fourth-order valence-electron chi connectivity index (χ4n) is 3.95. The predicted octanol–water partition coefficient (Wildman–Crippen LogP) is 5.19. The lowest BCUT2D eigenvalue weighted by Gasteiger charge is -2.16. The molecule has 2 aromatic heterocycles. The topological polar surface area (TPSA) is 60.1 Å². The highest BCUT2D eigenvalue weighted by Gasteiger charge is 2.18. The van der Waals surface area contributed by atoms with E-state index in [4.69, 9.17) is 4.42 Å². The minimum absolute atomic E-state index is 0.236. The van der Waals surface area contributed by atoms with Crippen molar-refractivity contribution in [3.63, 3.8) is 0 Å². The quantitative estimate of drug-likeness (QED) is 0.539. The van der Waals surface area contributed by atoms with E-state index in [1.54, 1.807) is 0 Å². The van der Waals surface area contributed by atoms with Crippen molar-refractivity contribution in [3.05, 3.63) is 71.7 Å². The van der Waals surface area contributed by atoms with Crippen molar-refractivity contribution in [2.24, 2.45) is 0 Å². The number of nitrogens with zero attached hydrogens (tertiary/aromatic N) is 2. The lowest BCUT2D eigenvalue weighted by molar-refractivity contribution is 0.0998. The van der Waals surface area contributed by atoms with Crippen molar-refractivity contribution in [1.82, 2.24) is 9.55 Å². The number of para-hydroxylation sites is 1. The van der Waals surface area contributed by atoms with Gasteiger partial charge in [-0.05, 0) is 56.5 Å². The first-order valence-electron chi connectivity index (χ1n) is 9.65. The Labute approximate surface area is 163 Å². The molecule has 1 N–H and O–H groups in total. The Kier molecular flexibility index (Phi) is 4.01. The van der Waals surface area contributed by atoms with Gasteiger partial charge in [-0.15, -0.1) is 0 Å². The molecule has 1 aliphatic rings. The summed E-state index contributed by atoms with van der Waals surface area (Å²) in [5.74, 6) is 1.12. The van der Waals surface area contributed by atoms with E-state index < -0.39 is 0 Å². The van der Waals surface area contributed by atoms with E-state index in [1.807, 2.05) is 61.7 Å². The van der Waals surface area contributed by atoms with Crippen LogP contribution in [0.25, 0.3) is 22.4 Å². The van der Waals surface area contributed by atoms with Crippen LogP contribution in [0.4, 0.5) is 5.69 Å². The van der Waals surface area contributed by atoms with Crippen molar-refractivity contribution in [3.8, 4) is 11.4 Å². The number of hydrogen-bond donors (Lipinski definition) is 1. The number of fused-ring (bicyclic) bond motifs is 2. The maximum atomic E-state index is 12.7. The second-order valence-corrected chi connectivity index (χ2v) is 7.27. The van der Waals surface area contributed by atoms with Gasteiger partial charge in [-0.2, -0.15) is 0 Å². The van der Waals surface area contributed by atoms with Crippen molar-refractivity contribution in [2.45, 2.75) is 32.7 Å². The summed E-state index contributed by atoms with van der Waals surface area (Å²) < 4.78 is 8.05. The highest BCUT2D eigenvalue weighted by Crippen LogP contribution is 2.27. The standard InChI is InChI=1S/C23H21N3O2/c1-15-19-7-2-3-8-20(19)28-21(15)23(27)25-17-11-9-16(10-12-17)22-24-14-18-6-4-5-13-26(18)22/h2-3,7-12,14H,4-6,13H2,1H3,(H,25,27). The lowest BCUT2D eigenvalue weighted by atomic mass is 10.1. The number of carbonyl (C=O) groups is 1. The fourth-order valence-corrected chi connectivity index (χ4v) is 3.95. The molecule has 0 atom stereocenters. The number of nitrogens with one attached hydrogen (secondary N) is 1. The number of amides is 1. The van der Waals surface area contributed by atoms with Gasteiger partial charge in [0.1, 0.15) is 11.4 Å². The number of benzene rings is 2. The molecule has 0 unspecified atom stereocenters. The van der Waals surface area contributed by atoms with Crippen LogP contribution in [0.5, 0.6) is 0 Å². The SMILES string of the molecule is Cc1c(C(=O)Nc2ccc(-c3ncc4n3CCCC4)cc2)oc2ccccc12. The molecule has 0 bridgehead atoms. The van der Waals surface area contributed by atoms with Crippen molar-refractivity contribution in [1.29, 1.82) is 0 Å². The smallest absolute Gasteiger partial charge is 0.291 e. The highest BCUT2D eigenvalue weighted by molar-refractivity contribution is 6.06. The Balaban J connectivity index is 1.38. The van der Waals surface area contributed by atoms with Crippen LogP contribution in [0.1, 0.15) is 34.7 Å². The molecule has 2 aromatic carbocycles. The third-order valence-electron chi connectivity index (χ3n) is 5.45. The van der Waals surface area contributed by atoms with Gasteiger partial charge in [-0.1, -0.05) is 18.2 Å². The summed E-state index contributed by atoms with van der Waals surface area (Å²) in [7, 11) is 0. The fraction of sp³-hybridized carbons (Fsp3) is 0.217. The average molecular weight is 371 g/mol. The molecule has 3 heterocycles. The number of furan rings is 1. The van der Waals surface area contributed by atoms with Gasteiger partial charge in [0, 0.05) is 40.6 Å². The molecule has 0 radical (unpaired) electrons. The molecule has 5 heteroatoms. The van der Waals surface area contributed by atoms with Gasteiger partial charge in [0.2, 0.25) is 0 Å². The van der Waals surface area contributed by atoms with Crippen LogP contribution in [-0.4, -0.2) is 15.5 Å². The van der Waals surface area contributed by atoms with Gasteiger partial charge in [0.05, 0.1) is 0 Å². The van der Waals surface area contributed by atoms with E-state index in [2.05, 4.69) is 14.9 Å². The van der Waals surface area contributed by atoms with E-state index in [0.29, 0.717) is 5.76 Å². The Morgan fingerprint density at radius 3 is 2.75 bits per heavy atom. The molecule has 0 spiro atoms. The van der Waals surface area contributed by atoms with Gasteiger partial charge >= 0.3 is 0 Å². The van der Waals surface area contributed by atoms with Gasteiger partial charge in [-0.25, -0.2) is 4.98 Å². The average Bonchev–Trinajstić information content (AvgIpc) is 3.30. The van der Waals surface area contributed by atoms with Crippen LogP contribution in [-0.2, 0) is 13.0 Å². The normalized spacial score (nSPS) is 13.5. The van der Waals surface area contributed by atoms with E-state index in [0.717, 1.165) is 46.6 Å². The molecule has 0 fully saturated rings. The largest absolute Gasteiger partial charge is 0.451 e. The summed E-state index contributed by atoms with van der Waals surface area (Å²) in [6, 6.07) is 15.5. The molecule has 1 amide bonds. The Morgan fingerprint density at radius 2 is 1.93 bits per heavy atom. The summed E-state index contributed by atoms with van der Waals surface area (Å²) in [5.41, 5.74) is 4.68. The molecule has 4 aromatic rings. The third kappa shape index (κ3) is 2.80. The van der Waals surface area contributed by atoms with Crippen LogP contribution < -0.4 is 5.32 Å². The van der Waals surface area contributed by atoms with Crippen LogP contribution in [0.15, 0.2) is 59.1 Å². The maximum Gasteiger partial charge on any atom is 0.291 e. The second kappa shape index (κ2) is 6.68. The molecule has 0 aliphatic carbocycles. The summed E-state index contributed by atoms with van der Waals surface area (Å²) in [4.78, 5) is 17.3. The minimum Gasteiger partial charge on any atom is -0.451 e. The Hall–Kier alpha value is -3.34. The van der Waals surface area contributed by atoms with Gasteiger partial charge in [0.25, 0.3) is 5.91 Å². The lowest BCUT2D eigenvalue weighted by Crippen LogP contribution is -2.12. The molecule has 140 valence electrons. The molecule has 1 aliphatic heterocycles. The van der Waals surface area contributed by atoms with E-state index in [-0.39, 0.29) is 5.91 Å². The minimum atomic E-state index is -0.236. The van der Waals surface area contributed by atoms with Crippen LogP contribution in [0, 0.1) is 6.92 Å². The van der Waals surface area contributed by atoms with Crippen molar-refractivity contribution >= 4 is 22.6 Å². The summed E-state index contributed by atoms with van der Waals surface area (Å²) in [6.07, 6.45) is 5.51. The Bertz CT molecular complexity index is 1170. The number of aromatic nitrogens is 2. The number of rotatable bonds is 3. The predicted molar refractivity (Wildman–Crippen MR) is 110 cm³/mol. The number of hydrogen-bond acceptors (Lipinski definition) is 3. The van der Waals surface area contributed by atoms with E-state index >= 15 is 0 Å². The first-order valence-corrected chi connectivity index (χ1v) is 9.65. The molecule has 5 rings (SSSR count). The Morgan fingerprint density at radius 1 is 1.11 bits per heavy atom. The molecule has 28 heavy (non-hydrogen) atoms. The number of imidazole rings is 1. The maximum absolute atomic E-state index is 12.7. The third-order valence-corrected chi connectivity index (χ3v) is 5.45. The highest BCUT2D eigenvalue weighted by atomic mass is 16.3. The van der Waals surface area contributed by atoms with Gasteiger partial charge in [-0.3, -0.25) is 4.79 Å². The molecular formula is C23H21N3O2.